The molecule has 1 unspecified atom stereocenters. The fraction of sp³-hybridized carbons (Fsp3) is 0.533. The number of carboxylic acid groups (broad SMARTS) is 1. The molecule has 3 heteroatoms. The second-order valence-electron chi connectivity index (χ2n) is 5.52. The molecule has 0 saturated carbocycles. The van der Waals surface area contributed by atoms with Crippen molar-refractivity contribution in [3.05, 3.63) is 34.9 Å². The van der Waals surface area contributed by atoms with Gasteiger partial charge in [0.25, 0.3) is 0 Å². The molecule has 0 radical (unpaired) electrons. The highest BCUT2D eigenvalue weighted by Gasteiger charge is 2.42. The number of aliphatic carboxylic acids is 1. The van der Waals surface area contributed by atoms with Gasteiger partial charge < -0.3 is 9.84 Å². The second-order valence-corrected chi connectivity index (χ2v) is 5.52. The van der Waals surface area contributed by atoms with E-state index in [0.717, 1.165) is 0 Å². The Morgan fingerprint density at radius 3 is 2.50 bits per heavy atom. The largest absolute Gasteiger partial charge is 0.481 e. The van der Waals surface area contributed by atoms with E-state index >= 15 is 0 Å². The van der Waals surface area contributed by atoms with Crippen LogP contribution in [0.4, 0.5) is 0 Å². The summed E-state index contributed by atoms with van der Waals surface area (Å²) in [4.78, 5) is 11.0. The lowest BCUT2D eigenvalue weighted by Crippen LogP contribution is -2.48. The summed E-state index contributed by atoms with van der Waals surface area (Å²) in [5.41, 5.74) is 3.63. The standard InChI is InChI=1S/C15H20O3/c1-10-4-5-13(6-11(10)2)15(8-18-9-15)7-12(3)14(16)17/h4-6,12H,7-9H2,1-3H3,(H,16,17). The molecule has 1 aliphatic heterocycles. The van der Waals surface area contributed by atoms with E-state index in [9.17, 15) is 4.79 Å². The minimum atomic E-state index is -0.731. The van der Waals surface area contributed by atoms with Crippen LogP contribution in [0, 0.1) is 19.8 Å². The van der Waals surface area contributed by atoms with E-state index in [1.807, 2.05) is 0 Å². The Labute approximate surface area is 108 Å². The number of hydrogen-bond acceptors (Lipinski definition) is 2. The van der Waals surface area contributed by atoms with Gasteiger partial charge in [0.2, 0.25) is 0 Å². The number of rotatable bonds is 4. The summed E-state index contributed by atoms with van der Waals surface area (Å²) in [6.45, 7) is 7.21. The van der Waals surface area contributed by atoms with Crippen LogP contribution in [0.2, 0.25) is 0 Å². The van der Waals surface area contributed by atoms with Gasteiger partial charge in [0, 0.05) is 5.41 Å². The lowest BCUT2D eigenvalue weighted by atomic mass is 9.72. The second kappa shape index (κ2) is 4.73. The number of benzene rings is 1. The quantitative estimate of drug-likeness (QED) is 0.891. The molecule has 0 spiro atoms. The zero-order chi connectivity index (χ0) is 13.3. The van der Waals surface area contributed by atoms with E-state index in [1.54, 1.807) is 6.92 Å². The Bertz CT molecular complexity index is 461. The Morgan fingerprint density at radius 2 is 2.06 bits per heavy atom. The third-order valence-corrected chi connectivity index (χ3v) is 3.99. The van der Waals surface area contributed by atoms with Crippen LogP contribution < -0.4 is 0 Å². The molecule has 1 fully saturated rings. The van der Waals surface area contributed by atoms with Crippen LogP contribution in [0.25, 0.3) is 0 Å². The van der Waals surface area contributed by atoms with Crippen LogP contribution in [-0.4, -0.2) is 24.3 Å². The average molecular weight is 248 g/mol. The third kappa shape index (κ3) is 2.27. The summed E-state index contributed by atoms with van der Waals surface area (Å²) in [6, 6.07) is 6.39. The van der Waals surface area contributed by atoms with E-state index in [1.165, 1.54) is 16.7 Å². The van der Waals surface area contributed by atoms with Gasteiger partial charge in [-0.05, 0) is 37.0 Å². The first-order chi connectivity index (χ1) is 8.44. The van der Waals surface area contributed by atoms with Crippen molar-refractivity contribution in [1.82, 2.24) is 0 Å². The SMILES string of the molecule is Cc1ccc(C2(CC(C)C(=O)O)COC2)cc1C. The van der Waals surface area contributed by atoms with Crippen LogP contribution in [0.1, 0.15) is 30.0 Å². The Kier molecular flexibility index (Phi) is 3.44. The number of carboxylic acids is 1. The van der Waals surface area contributed by atoms with Crippen molar-refractivity contribution in [3.63, 3.8) is 0 Å². The molecule has 0 amide bonds. The molecule has 2 rings (SSSR count). The van der Waals surface area contributed by atoms with E-state index in [-0.39, 0.29) is 11.3 Å². The van der Waals surface area contributed by atoms with Gasteiger partial charge in [-0.2, -0.15) is 0 Å². The summed E-state index contributed by atoms with van der Waals surface area (Å²) < 4.78 is 5.35. The maximum atomic E-state index is 11.0. The maximum Gasteiger partial charge on any atom is 0.306 e. The van der Waals surface area contributed by atoms with Crippen molar-refractivity contribution < 1.29 is 14.6 Å². The zero-order valence-electron chi connectivity index (χ0n) is 11.2. The molecule has 1 saturated heterocycles. The Hall–Kier alpha value is -1.35. The zero-order valence-corrected chi connectivity index (χ0v) is 11.2. The minimum Gasteiger partial charge on any atom is -0.481 e. The fourth-order valence-corrected chi connectivity index (χ4v) is 2.50. The molecule has 1 aromatic rings. The minimum absolute atomic E-state index is 0.101. The smallest absolute Gasteiger partial charge is 0.306 e. The van der Waals surface area contributed by atoms with Crippen molar-refractivity contribution in [3.8, 4) is 0 Å². The fourth-order valence-electron chi connectivity index (χ4n) is 2.50. The summed E-state index contributed by atoms with van der Waals surface area (Å²) in [7, 11) is 0. The summed E-state index contributed by atoms with van der Waals surface area (Å²) in [6.07, 6.45) is 0.644. The van der Waals surface area contributed by atoms with Crippen molar-refractivity contribution in [1.29, 1.82) is 0 Å². The Balaban J connectivity index is 2.26. The summed E-state index contributed by atoms with van der Waals surface area (Å²) in [5.74, 6) is -1.07. The van der Waals surface area contributed by atoms with Crippen molar-refractivity contribution in [2.75, 3.05) is 13.2 Å². The monoisotopic (exact) mass is 248 g/mol. The van der Waals surface area contributed by atoms with Crippen LogP contribution in [0.3, 0.4) is 0 Å². The molecule has 0 aliphatic carbocycles. The molecule has 1 atom stereocenters. The summed E-state index contributed by atoms with van der Waals surface area (Å²) >= 11 is 0. The van der Waals surface area contributed by atoms with Gasteiger partial charge in [-0.1, -0.05) is 25.1 Å². The predicted molar refractivity (Wildman–Crippen MR) is 69.8 cm³/mol. The predicted octanol–water partition coefficient (Wildman–Crippen LogP) is 2.68. The first-order valence-electron chi connectivity index (χ1n) is 6.33. The lowest BCUT2D eigenvalue weighted by molar-refractivity contribution is -0.144. The molecule has 1 heterocycles. The van der Waals surface area contributed by atoms with Crippen molar-refractivity contribution in [2.24, 2.45) is 5.92 Å². The van der Waals surface area contributed by atoms with E-state index in [0.29, 0.717) is 19.6 Å². The number of carbonyl (C=O) groups is 1. The Morgan fingerprint density at radius 1 is 1.39 bits per heavy atom. The van der Waals surface area contributed by atoms with Crippen LogP contribution in [0.15, 0.2) is 18.2 Å². The van der Waals surface area contributed by atoms with Crippen molar-refractivity contribution in [2.45, 2.75) is 32.6 Å². The summed E-state index contributed by atoms with van der Waals surface area (Å²) in [5, 5.41) is 9.07. The van der Waals surface area contributed by atoms with Crippen molar-refractivity contribution >= 4 is 5.97 Å². The highest BCUT2D eigenvalue weighted by atomic mass is 16.5. The molecule has 98 valence electrons. The van der Waals surface area contributed by atoms with Gasteiger partial charge in [0.1, 0.15) is 0 Å². The highest BCUT2D eigenvalue weighted by Crippen LogP contribution is 2.39. The third-order valence-electron chi connectivity index (χ3n) is 3.99. The lowest BCUT2D eigenvalue weighted by Gasteiger charge is -2.43. The first-order valence-corrected chi connectivity index (χ1v) is 6.33. The van der Waals surface area contributed by atoms with Gasteiger partial charge in [0.15, 0.2) is 0 Å². The molecular weight excluding hydrogens is 228 g/mol. The molecule has 18 heavy (non-hydrogen) atoms. The molecular formula is C15H20O3. The molecule has 0 aromatic heterocycles. The van der Waals surface area contributed by atoms with Crippen LogP contribution >= 0.6 is 0 Å². The normalized spacial score (nSPS) is 19.1. The van der Waals surface area contributed by atoms with E-state index in [4.69, 9.17) is 9.84 Å². The van der Waals surface area contributed by atoms with E-state index < -0.39 is 5.97 Å². The van der Waals surface area contributed by atoms with Crippen LogP contribution in [-0.2, 0) is 14.9 Å². The van der Waals surface area contributed by atoms with Gasteiger partial charge >= 0.3 is 5.97 Å². The van der Waals surface area contributed by atoms with Gasteiger partial charge in [-0.25, -0.2) is 0 Å². The number of aryl methyl sites for hydroxylation is 2. The molecule has 1 aromatic carbocycles. The van der Waals surface area contributed by atoms with Gasteiger partial charge in [-0.15, -0.1) is 0 Å². The molecule has 3 nitrogen and oxygen atoms in total. The average Bonchev–Trinajstić information content (AvgIpc) is 2.27. The topological polar surface area (TPSA) is 46.5 Å². The number of ether oxygens (including phenoxy) is 1. The molecule has 1 aliphatic rings. The van der Waals surface area contributed by atoms with E-state index in [2.05, 4.69) is 32.0 Å². The molecule has 0 bridgehead atoms. The molecule has 1 N–H and O–H groups in total. The first kappa shape index (κ1) is 13.1. The highest BCUT2D eigenvalue weighted by molar-refractivity contribution is 5.69. The maximum absolute atomic E-state index is 11.0. The van der Waals surface area contributed by atoms with Gasteiger partial charge in [-0.3, -0.25) is 4.79 Å². The van der Waals surface area contributed by atoms with Gasteiger partial charge in [0.05, 0.1) is 19.1 Å². The number of hydrogen-bond donors (Lipinski definition) is 1. The van der Waals surface area contributed by atoms with Crippen LogP contribution in [0.5, 0.6) is 0 Å².